The lowest BCUT2D eigenvalue weighted by Gasteiger charge is -2.02. The summed E-state index contributed by atoms with van der Waals surface area (Å²) in [5, 5.41) is 0. The minimum absolute atomic E-state index is 0.331. The molecule has 0 rings (SSSR count). The zero-order valence-corrected chi connectivity index (χ0v) is 4.98. The lowest BCUT2D eigenvalue weighted by atomic mass is 10.3. The third-order valence-electron chi connectivity index (χ3n) is 0.901. The molecule has 0 aromatic rings. The summed E-state index contributed by atoms with van der Waals surface area (Å²) < 4.78 is 4.92. The zero-order valence-electron chi connectivity index (χ0n) is 4.98. The maximum absolute atomic E-state index is 4.92. The van der Waals surface area contributed by atoms with Crippen molar-refractivity contribution in [2.45, 2.75) is 19.4 Å². The highest BCUT2D eigenvalue weighted by Gasteiger charge is 1.90. The maximum Gasteiger partial charge on any atom is 0.0577 e. The largest absolute Gasteiger partial charge is 0.381 e. The van der Waals surface area contributed by atoms with E-state index in [-0.39, 0.29) is 0 Å². The average Bonchev–Trinajstić information content (AvgIpc) is 1.68. The predicted octanol–water partition coefficient (Wildman–Crippen LogP) is 1.60. The van der Waals surface area contributed by atoms with E-state index < -0.39 is 0 Å². The monoisotopic (exact) mass is 100 g/mol. The maximum atomic E-state index is 4.92. The van der Waals surface area contributed by atoms with Crippen LogP contribution in [0.25, 0.3) is 0 Å². The first kappa shape index (κ1) is 6.70. The molecule has 0 radical (unpaired) electrons. The zero-order chi connectivity index (χ0) is 5.70. The molecular weight excluding hydrogens is 88.1 g/mol. The van der Waals surface area contributed by atoms with Gasteiger partial charge in [-0.25, -0.2) is 0 Å². The minimum atomic E-state index is 0.331. The second-order valence-electron chi connectivity index (χ2n) is 1.57. The van der Waals surface area contributed by atoms with Gasteiger partial charge in [-0.3, -0.25) is 0 Å². The van der Waals surface area contributed by atoms with E-state index in [0.717, 1.165) is 6.42 Å². The number of rotatable bonds is 3. The van der Waals surface area contributed by atoms with E-state index in [0.29, 0.717) is 6.10 Å². The first-order valence-electron chi connectivity index (χ1n) is 2.45. The lowest BCUT2D eigenvalue weighted by molar-refractivity contribution is 0.121. The standard InChI is InChI=1S/C6H12O/c1-4-5-6(2)7-3/h4,6H,1,5H2,2-3H3. The van der Waals surface area contributed by atoms with Gasteiger partial charge in [-0.15, -0.1) is 6.58 Å². The Morgan fingerprint density at radius 1 is 1.86 bits per heavy atom. The average molecular weight is 100 g/mol. The van der Waals surface area contributed by atoms with Crippen molar-refractivity contribution >= 4 is 0 Å². The fraction of sp³-hybridized carbons (Fsp3) is 0.667. The molecule has 0 aromatic carbocycles. The van der Waals surface area contributed by atoms with Gasteiger partial charge >= 0.3 is 0 Å². The molecule has 0 spiro atoms. The molecule has 0 aromatic heterocycles. The molecule has 42 valence electrons. The van der Waals surface area contributed by atoms with E-state index in [1.807, 2.05) is 13.0 Å². The SMILES string of the molecule is C=CCC(C)OC. The van der Waals surface area contributed by atoms with E-state index in [1.54, 1.807) is 7.11 Å². The summed E-state index contributed by atoms with van der Waals surface area (Å²) in [6.07, 6.45) is 3.13. The molecule has 0 saturated heterocycles. The van der Waals surface area contributed by atoms with Crippen molar-refractivity contribution in [3.05, 3.63) is 12.7 Å². The van der Waals surface area contributed by atoms with Gasteiger partial charge in [0.2, 0.25) is 0 Å². The number of hydrogen-bond donors (Lipinski definition) is 0. The van der Waals surface area contributed by atoms with Crippen LogP contribution in [-0.2, 0) is 4.74 Å². The molecule has 0 fully saturated rings. The first-order valence-corrected chi connectivity index (χ1v) is 2.45. The molecule has 7 heavy (non-hydrogen) atoms. The van der Waals surface area contributed by atoms with E-state index in [2.05, 4.69) is 6.58 Å². The highest BCUT2D eigenvalue weighted by Crippen LogP contribution is 1.92. The van der Waals surface area contributed by atoms with E-state index >= 15 is 0 Å². The van der Waals surface area contributed by atoms with Crippen LogP contribution in [0.15, 0.2) is 12.7 Å². The van der Waals surface area contributed by atoms with Gasteiger partial charge < -0.3 is 4.74 Å². The highest BCUT2D eigenvalue weighted by atomic mass is 16.5. The lowest BCUT2D eigenvalue weighted by Crippen LogP contribution is -2.01. The van der Waals surface area contributed by atoms with Crippen molar-refractivity contribution in [3.8, 4) is 0 Å². The van der Waals surface area contributed by atoms with Gasteiger partial charge in [0.05, 0.1) is 6.10 Å². The molecule has 1 nitrogen and oxygen atoms in total. The van der Waals surface area contributed by atoms with Crippen LogP contribution in [0.5, 0.6) is 0 Å². The Balaban J connectivity index is 2.98. The van der Waals surface area contributed by atoms with Gasteiger partial charge in [0.15, 0.2) is 0 Å². The summed E-state index contributed by atoms with van der Waals surface area (Å²) in [4.78, 5) is 0. The number of hydrogen-bond acceptors (Lipinski definition) is 1. The molecular formula is C6H12O. The summed E-state index contributed by atoms with van der Waals surface area (Å²) in [5.41, 5.74) is 0. The second-order valence-corrected chi connectivity index (χ2v) is 1.57. The van der Waals surface area contributed by atoms with Crippen molar-refractivity contribution < 1.29 is 4.74 Å². The Morgan fingerprint density at radius 3 is 2.57 bits per heavy atom. The molecule has 1 unspecified atom stereocenters. The summed E-state index contributed by atoms with van der Waals surface area (Å²) in [5.74, 6) is 0. The smallest absolute Gasteiger partial charge is 0.0577 e. The van der Waals surface area contributed by atoms with Crippen molar-refractivity contribution in [2.24, 2.45) is 0 Å². The van der Waals surface area contributed by atoms with Gasteiger partial charge in [0, 0.05) is 7.11 Å². The molecule has 0 saturated carbocycles. The Morgan fingerprint density at radius 2 is 2.43 bits per heavy atom. The van der Waals surface area contributed by atoms with Gasteiger partial charge in [0.25, 0.3) is 0 Å². The summed E-state index contributed by atoms with van der Waals surface area (Å²) >= 11 is 0. The molecule has 0 bridgehead atoms. The molecule has 1 heteroatoms. The fourth-order valence-corrected chi connectivity index (χ4v) is 0.331. The number of ether oxygens (including phenoxy) is 1. The summed E-state index contributed by atoms with van der Waals surface area (Å²) in [7, 11) is 1.70. The molecule has 0 aliphatic heterocycles. The van der Waals surface area contributed by atoms with Gasteiger partial charge in [-0.2, -0.15) is 0 Å². The Kier molecular flexibility index (Phi) is 3.71. The highest BCUT2D eigenvalue weighted by molar-refractivity contribution is 4.69. The van der Waals surface area contributed by atoms with Crippen LogP contribution in [0.3, 0.4) is 0 Å². The third kappa shape index (κ3) is 3.53. The van der Waals surface area contributed by atoms with E-state index in [9.17, 15) is 0 Å². The van der Waals surface area contributed by atoms with Crippen LogP contribution in [0, 0.1) is 0 Å². The van der Waals surface area contributed by atoms with Crippen molar-refractivity contribution in [3.63, 3.8) is 0 Å². The van der Waals surface area contributed by atoms with Crippen molar-refractivity contribution in [2.75, 3.05) is 7.11 Å². The van der Waals surface area contributed by atoms with Crippen LogP contribution in [0.4, 0.5) is 0 Å². The summed E-state index contributed by atoms with van der Waals surface area (Å²) in [6.45, 7) is 5.58. The number of methoxy groups -OCH3 is 1. The van der Waals surface area contributed by atoms with Crippen LogP contribution >= 0.6 is 0 Å². The predicted molar refractivity (Wildman–Crippen MR) is 31.3 cm³/mol. The van der Waals surface area contributed by atoms with Crippen LogP contribution < -0.4 is 0 Å². The Labute approximate surface area is 45.0 Å². The van der Waals surface area contributed by atoms with Gasteiger partial charge in [0.1, 0.15) is 0 Å². The minimum Gasteiger partial charge on any atom is -0.381 e. The topological polar surface area (TPSA) is 9.23 Å². The second kappa shape index (κ2) is 3.88. The Bertz CT molecular complexity index is 50.1. The van der Waals surface area contributed by atoms with E-state index in [4.69, 9.17) is 4.74 Å². The molecule has 0 heterocycles. The molecule has 1 atom stereocenters. The van der Waals surface area contributed by atoms with Crippen LogP contribution in [-0.4, -0.2) is 13.2 Å². The van der Waals surface area contributed by atoms with Crippen LogP contribution in [0.1, 0.15) is 13.3 Å². The first-order chi connectivity index (χ1) is 3.31. The molecule has 0 aliphatic rings. The molecule has 0 N–H and O–H groups in total. The Hall–Kier alpha value is -0.300. The molecule has 0 aliphatic carbocycles. The van der Waals surface area contributed by atoms with Crippen LogP contribution in [0.2, 0.25) is 0 Å². The molecule has 0 amide bonds. The van der Waals surface area contributed by atoms with Crippen molar-refractivity contribution in [1.29, 1.82) is 0 Å². The van der Waals surface area contributed by atoms with Gasteiger partial charge in [-0.05, 0) is 13.3 Å². The third-order valence-corrected chi connectivity index (χ3v) is 0.901. The van der Waals surface area contributed by atoms with E-state index in [1.165, 1.54) is 0 Å². The fourth-order valence-electron chi connectivity index (χ4n) is 0.331. The summed E-state index contributed by atoms with van der Waals surface area (Å²) in [6, 6.07) is 0. The van der Waals surface area contributed by atoms with Gasteiger partial charge in [-0.1, -0.05) is 6.08 Å². The quantitative estimate of drug-likeness (QED) is 0.489. The normalized spacial score (nSPS) is 13.4. The van der Waals surface area contributed by atoms with Crippen molar-refractivity contribution in [1.82, 2.24) is 0 Å².